The summed E-state index contributed by atoms with van der Waals surface area (Å²) in [6.07, 6.45) is 6.49. The van der Waals surface area contributed by atoms with E-state index in [9.17, 15) is 0 Å². The average Bonchev–Trinajstić information content (AvgIpc) is 2.50. The molecule has 1 aromatic rings. The molecule has 0 aliphatic rings. The van der Waals surface area contributed by atoms with E-state index in [2.05, 4.69) is 26.8 Å². The summed E-state index contributed by atoms with van der Waals surface area (Å²) in [7, 11) is 0. The molecule has 1 rings (SSSR count). The third kappa shape index (κ3) is 7.26. The van der Waals surface area contributed by atoms with Crippen LogP contribution in [0.25, 0.3) is 0 Å². The largest absolute Gasteiger partial charge is 0.493 e. The Morgan fingerprint density at radius 3 is 1.86 bits per heavy atom. The van der Waals surface area contributed by atoms with Gasteiger partial charge in [-0.2, -0.15) is 0 Å². The van der Waals surface area contributed by atoms with Crippen LogP contribution in [0.5, 0.6) is 17.2 Å². The van der Waals surface area contributed by atoms with Gasteiger partial charge in [0.15, 0.2) is 11.5 Å². The van der Waals surface area contributed by atoms with Crippen molar-refractivity contribution in [3.05, 3.63) is 18.2 Å². The van der Waals surface area contributed by atoms with Gasteiger partial charge in [-0.1, -0.05) is 40.0 Å². The first-order chi connectivity index (χ1) is 10.3. The monoisotopic (exact) mass is 293 g/mol. The van der Waals surface area contributed by atoms with E-state index < -0.39 is 0 Å². The molecule has 0 saturated carbocycles. The molecule has 1 radical (unpaired) electrons. The van der Waals surface area contributed by atoms with E-state index in [1.54, 1.807) is 0 Å². The van der Waals surface area contributed by atoms with Crippen molar-refractivity contribution in [2.75, 3.05) is 19.8 Å². The summed E-state index contributed by atoms with van der Waals surface area (Å²) < 4.78 is 17.3. The van der Waals surface area contributed by atoms with Crippen molar-refractivity contribution in [2.45, 2.75) is 59.3 Å². The van der Waals surface area contributed by atoms with Gasteiger partial charge >= 0.3 is 0 Å². The average molecular weight is 293 g/mol. The molecule has 3 heteroatoms. The SMILES string of the molecule is CCCCOc1[c]cc(OCCCC)c(OCCCC)c1. The Balaban J connectivity index is 2.65. The molecule has 0 fully saturated rings. The minimum Gasteiger partial charge on any atom is -0.493 e. The lowest BCUT2D eigenvalue weighted by Crippen LogP contribution is -2.03. The van der Waals surface area contributed by atoms with Gasteiger partial charge in [0.05, 0.1) is 19.8 Å². The van der Waals surface area contributed by atoms with Crippen LogP contribution in [0.15, 0.2) is 12.1 Å². The zero-order valence-corrected chi connectivity index (χ0v) is 13.7. The van der Waals surface area contributed by atoms with Gasteiger partial charge in [-0.05, 0) is 25.3 Å². The summed E-state index contributed by atoms with van der Waals surface area (Å²) in [4.78, 5) is 0. The Hall–Kier alpha value is -1.38. The first-order valence-corrected chi connectivity index (χ1v) is 8.25. The molecule has 0 bridgehead atoms. The standard InChI is InChI=1S/C18H29O3/c1-4-7-12-19-16-10-11-17(20-13-8-5-2)18(15-16)21-14-9-6-3/h11,15H,4-9,12-14H2,1-3H3. The molecule has 0 heterocycles. The minimum atomic E-state index is 0.707. The van der Waals surface area contributed by atoms with E-state index in [4.69, 9.17) is 14.2 Å². The van der Waals surface area contributed by atoms with E-state index in [1.807, 2.05) is 12.1 Å². The van der Waals surface area contributed by atoms with Crippen molar-refractivity contribution in [1.29, 1.82) is 0 Å². The number of rotatable bonds is 12. The fraction of sp³-hybridized carbons (Fsp3) is 0.667. The van der Waals surface area contributed by atoms with E-state index in [1.165, 1.54) is 0 Å². The molecule has 0 aliphatic heterocycles. The van der Waals surface area contributed by atoms with Crippen molar-refractivity contribution in [3.8, 4) is 17.2 Å². The van der Waals surface area contributed by atoms with Gasteiger partial charge < -0.3 is 14.2 Å². The number of ether oxygens (including phenoxy) is 3. The van der Waals surface area contributed by atoms with Gasteiger partial charge in [0.25, 0.3) is 0 Å². The van der Waals surface area contributed by atoms with Gasteiger partial charge in [-0.3, -0.25) is 0 Å². The number of hydrogen-bond donors (Lipinski definition) is 0. The van der Waals surface area contributed by atoms with Crippen molar-refractivity contribution in [2.24, 2.45) is 0 Å². The van der Waals surface area contributed by atoms with Crippen LogP contribution in [0.4, 0.5) is 0 Å². The van der Waals surface area contributed by atoms with Crippen LogP contribution >= 0.6 is 0 Å². The molecule has 0 N–H and O–H groups in total. The molecule has 1 aromatic carbocycles. The lowest BCUT2D eigenvalue weighted by atomic mass is 10.3. The lowest BCUT2D eigenvalue weighted by Gasteiger charge is -2.14. The number of benzene rings is 1. The first-order valence-electron chi connectivity index (χ1n) is 8.25. The second kappa shape index (κ2) is 11.3. The van der Waals surface area contributed by atoms with Crippen LogP contribution in [0, 0.1) is 6.07 Å². The highest BCUT2D eigenvalue weighted by atomic mass is 16.5. The Morgan fingerprint density at radius 2 is 1.29 bits per heavy atom. The van der Waals surface area contributed by atoms with Crippen molar-refractivity contribution in [1.82, 2.24) is 0 Å². The summed E-state index contributed by atoms with van der Waals surface area (Å²) in [6.45, 7) is 8.59. The highest BCUT2D eigenvalue weighted by Crippen LogP contribution is 2.31. The minimum absolute atomic E-state index is 0.707. The summed E-state index contributed by atoms with van der Waals surface area (Å²) in [5, 5.41) is 0. The van der Waals surface area contributed by atoms with E-state index in [0.29, 0.717) is 13.2 Å². The maximum Gasteiger partial charge on any atom is 0.164 e. The summed E-state index contributed by atoms with van der Waals surface area (Å²) >= 11 is 0. The van der Waals surface area contributed by atoms with Crippen molar-refractivity contribution >= 4 is 0 Å². The van der Waals surface area contributed by atoms with E-state index in [0.717, 1.165) is 62.4 Å². The normalized spacial score (nSPS) is 10.4. The molecule has 3 nitrogen and oxygen atoms in total. The van der Waals surface area contributed by atoms with Gasteiger partial charge in [0.2, 0.25) is 0 Å². The summed E-state index contributed by atoms with van der Waals surface area (Å²) in [6, 6.07) is 6.85. The molecular formula is C18H29O3. The lowest BCUT2D eigenvalue weighted by molar-refractivity contribution is 0.257. The first kappa shape index (κ1) is 17.7. The molecule has 0 spiro atoms. The van der Waals surface area contributed by atoms with Crippen molar-refractivity contribution in [3.63, 3.8) is 0 Å². The van der Waals surface area contributed by atoms with Crippen LogP contribution in [-0.4, -0.2) is 19.8 Å². The molecule has 119 valence electrons. The highest BCUT2D eigenvalue weighted by molar-refractivity contribution is 5.44. The molecule has 0 unspecified atom stereocenters. The van der Waals surface area contributed by atoms with Gasteiger partial charge in [0, 0.05) is 12.1 Å². The predicted octanol–water partition coefficient (Wildman–Crippen LogP) is 5.02. The van der Waals surface area contributed by atoms with Gasteiger partial charge in [-0.25, -0.2) is 0 Å². The van der Waals surface area contributed by atoms with Crippen LogP contribution in [0.3, 0.4) is 0 Å². The van der Waals surface area contributed by atoms with Crippen molar-refractivity contribution < 1.29 is 14.2 Å². The quantitative estimate of drug-likeness (QED) is 0.506. The maximum atomic E-state index is 5.83. The zero-order valence-electron chi connectivity index (χ0n) is 13.7. The Kier molecular flexibility index (Phi) is 9.51. The second-order valence-electron chi connectivity index (χ2n) is 5.13. The molecule has 21 heavy (non-hydrogen) atoms. The maximum absolute atomic E-state index is 5.83. The van der Waals surface area contributed by atoms with E-state index >= 15 is 0 Å². The van der Waals surface area contributed by atoms with Crippen LogP contribution in [0.1, 0.15) is 59.3 Å². The Labute approximate surface area is 129 Å². The van der Waals surface area contributed by atoms with Gasteiger partial charge in [-0.15, -0.1) is 0 Å². The fourth-order valence-electron chi connectivity index (χ4n) is 1.73. The molecule has 0 aromatic heterocycles. The summed E-state index contributed by atoms with van der Waals surface area (Å²) in [5.41, 5.74) is 0. The zero-order chi connectivity index (χ0) is 15.3. The smallest absolute Gasteiger partial charge is 0.164 e. The topological polar surface area (TPSA) is 27.7 Å². The number of unbranched alkanes of at least 4 members (excludes halogenated alkanes) is 3. The fourth-order valence-corrected chi connectivity index (χ4v) is 1.73. The molecular weight excluding hydrogens is 264 g/mol. The van der Waals surface area contributed by atoms with Crippen LogP contribution < -0.4 is 14.2 Å². The molecule has 0 amide bonds. The van der Waals surface area contributed by atoms with Gasteiger partial charge in [0.1, 0.15) is 5.75 Å². The summed E-state index contributed by atoms with van der Waals surface area (Å²) in [5.74, 6) is 2.27. The Morgan fingerprint density at radius 1 is 0.762 bits per heavy atom. The molecule has 0 aliphatic carbocycles. The Bertz CT molecular complexity index is 377. The highest BCUT2D eigenvalue weighted by Gasteiger charge is 2.08. The molecule has 0 saturated heterocycles. The third-order valence-corrected chi connectivity index (χ3v) is 3.12. The predicted molar refractivity (Wildman–Crippen MR) is 86.5 cm³/mol. The second-order valence-corrected chi connectivity index (χ2v) is 5.13. The third-order valence-electron chi connectivity index (χ3n) is 3.12. The van der Waals surface area contributed by atoms with Crippen LogP contribution in [0.2, 0.25) is 0 Å². The number of hydrogen-bond acceptors (Lipinski definition) is 3. The van der Waals surface area contributed by atoms with Crippen LogP contribution in [-0.2, 0) is 0 Å². The molecule has 0 atom stereocenters. The van der Waals surface area contributed by atoms with E-state index in [-0.39, 0.29) is 0 Å².